The molecule has 2 heterocycles. The highest BCUT2D eigenvalue weighted by atomic mass is 16.5. The molecule has 0 aliphatic heterocycles. The molecule has 2 aromatic heterocycles. The zero-order valence-electron chi connectivity index (χ0n) is 18.4. The molecule has 0 atom stereocenters. The molecule has 168 valence electrons. The van der Waals surface area contributed by atoms with Gasteiger partial charge in [0.2, 0.25) is 5.75 Å². The molecule has 4 aromatic rings. The number of nitriles is 1. The summed E-state index contributed by atoms with van der Waals surface area (Å²) < 4.78 is 22.8. The molecule has 4 rings (SSSR count). The lowest BCUT2D eigenvalue weighted by atomic mass is 10.1. The zero-order chi connectivity index (χ0) is 23.5. The molecule has 2 N–H and O–H groups in total. The molecule has 0 unspecified atom stereocenters. The first-order valence-corrected chi connectivity index (χ1v) is 9.80. The van der Waals surface area contributed by atoms with Gasteiger partial charge in [0, 0.05) is 17.4 Å². The molecule has 0 aliphatic carbocycles. The number of carbonyl (C=O) groups is 1. The second-order valence-electron chi connectivity index (χ2n) is 6.87. The number of ether oxygens (including phenoxy) is 4. The molecular formula is C23H21N5O5. The first-order chi connectivity index (χ1) is 16.0. The van der Waals surface area contributed by atoms with Gasteiger partial charge >= 0.3 is 5.97 Å². The number of rotatable bonds is 7. The van der Waals surface area contributed by atoms with E-state index in [0.717, 1.165) is 0 Å². The van der Waals surface area contributed by atoms with Crippen molar-refractivity contribution < 1.29 is 23.7 Å². The van der Waals surface area contributed by atoms with Crippen molar-refractivity contribution in [1.82, 2.24) is 14.6 Å². The van der Waals surface area contributed by atoms with Gasteiger partial charge in [-0.05, 0) is 36.4 Å². The lowest BCUT2D eigenvalue weighted by Crippen LogP contribution is -2.02. The van der Waals surface area contributed by atoms with Crippen molar-refractivity contribution in [3.8, 4) is 34.6 Å². The molecule has 10 heteroatoms. The van der Waals surface area contributed by atoms with E-state index in [-0.39, 0.29) is 0 Å². The van der Waals surface area contributed by atoms with Crippen molar-refractivity contribution in [2.45, 2.75) is 0 Å². The van der Waals surface area contributed by atoms with Crippen LogP contribution in [-0.2, 0) is 4.74 Å². The quantitative estimate of drug-likeness (QED) is 0.411. The second kappa shape index (κ2) is 8.84. The number of aromatic amines is 1. The molecule has 10 nitrogen and oxygen atoms in total. The lowest BCUT2D eigenvalue weighted by molar-refractivity contribution is 0.0601. The normalized spacial score (nSPS) is 10.5. The molecule has 0 spiro atoms. The summed E-state index contributed by atoms with van der Waals surface area (Å²) in [6.07, 6.45) is 1.58. The first kappa shape index (κ1) is 21.6. The van der Waals surface area contributed by atoms with Crippen molar-refractivity contribution in [3.05, 3.63) is 53.7 Å². The minimum Gasteiger partial charge on any atom is -0.493 e. The predicted molar refractivity (Wildman–Crippen MR) is 120 cm³/mol. The zero-order valence-corrected chi connectivity index (χ0v) is 18.4. The van der Waals surface area contributed by atoms with Gasteiger partial charge in [-0.15, -0.1) is 0 Å². The SMILES string of the molecule is COC(=O)c1ccc(Nc2c(-c3cc(OC)c(OC)c(OC)c3)nc3c(C#N)c[nH]n23)cc1. The molecule has 0 bridgehead atoms. The van der Waals surface area contributed by atoms with Crippen LogP contribution in [0, 0.1) is 11.3 Å². The summed E-state index contributed by atoms with van der Waals surface area (Å²) in [6, 6.07) is 12.5. The van der Waals surface area contributed by atoms with Crippen LogP contribution in [-0.4, -0.2) is 49.0 Å². The topological polar surface area (TPSA) is 123 Å². The fraction of sp³-hybridized carbons (Fsp3) is 0.174. The number of hydrogen-bond acceptors (Lipinski definition) is 8. The van der Waals surface area contributed by atoms with Crippen LogP contribution in [0.15, 0.2) is 42.6 Å². The van der Waals surface area contributed by atoms with Crippen molar-refractivity contribution >= 4 is 23.1 Å². The average molecular weight is 447 g/mol. The third kappa shape index (κ3) is 3.76. The van der Waals surface area contributed by atoms with Crippen LogP contribution in [0.3, 0.4) is 0 Å². The number of carbonyl (C=O) groups excluding carboxylic acids is 1. The van der Waals surface area contributed by atoms with Crippen LogP contribution in [0.1, 0.15) is 15.9 Å². The monoisotopic (exact) mass is 447 g/mol. The number of H-pyrrole nitrogens is 1. The number of imidazole rings is 1. The lowest BCUT2D eigenvalue weighted by Gasteiger charge is -2.14. The van der Waals surface area contributed by atoms with Crippen LogP contribution < -0.4 is 19.5 Å². The standard InChI is InChI=1S/C23H21N5O5/c1-30-17-9-14(10-18(31-2)20(17)32-3)19-22(28-21(27-19)15(11-24)12-25-28)26-16-7-5-13(6-8-16)23(29)33-4/h5-10,12,25-26H,1-4H3. The summed E-state index contributed by atoms with van der Waals surface area (Å²) in [5.74, 6) is 1.55. The van der Waals surface area contributed by atoms with Crippen LogP contribution in [0.25, 0.3) is 16.9 Å². The minimum absolute atomic E-state index is 0.387. The van der Waals surface area contributed by atoms with Gasteiger partial charge in [-0.3, -0.25) is 5.10 Å². The number of methoxy groups -OCH3 is 4. The van der Waals surface area contributed by atoms with E-state index in [2.05, 4.69) is 16.5 Å². The molecule has 0 amide bonds. The van der Waals surface area contributed by atoms with E-state index in [1.54, 1.807) is 47.1 Å². The summed E-state index contributed by atoms with van der Waals surface area (Å²) >= 11 is 0. The Bertz CT molecular complexity index is 1340. The largest absolute Gasteiger partial charge is 0.493 e. The highest BCUT2D eigenvalue weighted by Crippen LogP contribution is 2.43. The number of nitrogens with zero attached hydrogens (tertiary/aromatic N) is 3. The summed E-state index contributed by atoms with van der Waals surface area (Å²) in [4.78, 5) is 16.4. The van der Waals surface area contributed by atoms with Gasteiger partial charge in [0.15, 0.2) is 23.0 Å². The van der Waals surface area contributed by atoms with Crippen molar-refractivity contribution in [2.24, 2.45) is 0 Å². The van der Waals surface area contributed by atoms with E-state index >= 15 is 0 Å². The number of anilines is 2. The first-order valence-electron chi connectivity index (χ1n) is 9.80. The van der Waals surface area contributed by atoms with E-state index < -0.39 is 5.97 Å². The maximum absolute atomic E-state index is 11.7. The molecule has 0 radical (unpaired) electrons. The molecular weight excluding hydrogens is 426 g/mol. The summed E-state index contributed by atoms with van der Waals surface area (Å²) in [5.41, 5.74) is 3.20. The van der Waals surface area contributed by atoms with Gasteiger partial charge in [0.1, 0.15) is 17.3 Å². The van der Waals surface area contributed by atoms with Crippen molar-refractivity contribution in [1.29, 1.82) is 5.26 Å². The van der Waals surface area contributed by atoms with E-state index in [0.29, 0.717) is 56.8 Å². The Morgan fingerprint density at radius 2 is 1.73 bits per heavy atom. The number of fused-ring (bicyclic) bond motifs is 1. The Hall–Kier alpha value is -4.65. The third-order valence-electron chi connectivity index (χ3n) is 5.08. The van der Waals surface area contributed by atoms with Crippen LogP contribution >= 0.6 is 0 Å². The number of benzene rings is 2. The number of aromatic nitrogens is 3. The number of esters is 1. The van der Waals surface area contributed by atoms with Gasteiger partial charge < -0.3 is 24.3 Å². The Labute approximate surface area is 189 Å². The molecule has 0 fully saturated rings. The summed E-state index contributed by atoms with van der Waals surface area (Å²) in [5, 5.41) is 15.8. The van der Waals surface area contributed by atoms with Gasteiger partial charge in [-0.1, -0.05) is 0 Å². The molecule has 2 aromatic carbocycles. The van der Waals surface area contributed by atoms with Crippen LogP contribution in [0.4, 0.5) is 11.5 Å². The average Bonchev–Trinajstić information content (AvgIpc) is 3.42. The third-order valence-corrected chi connectivity index (χ3v) is 5.08. The Balaban J connectivity index is 1.86. The maximum atomic E-state index is 11.7. The highest BCUT2D eigenvalue weighted by Gasteiger charge is 2.22. The number of hydrogen-bond donors (Lipinski definition) is 2. The predicted octanol–water partition coefficient (Wildman–Crippen LogP) is 3.76. The van der Waals surface area contributed by atoms with E-state index in [4.69, 9.17) is 23.9 Å². The molecule has 0 saturated carbocycles. The number of nitrogens with one attached hydrogen (secondary N) is 2. The Morgan fingerprint density at radius 3 is 2.27 bits per heavy atom. The molecule has 0 aliphatic rings. The fourth-order valence-corrected chi connectivity index (χ4v) is 3.48. The second-order valence-corrected chi connectivity index (χ2v) is 6.87. The van der Waals surface area contributed by atoms with Gasteiger partial charge in [-0.25, -0.2) is 14.3 Å². The van der Waals surface area contributed by atoms with E-state index in [9.17, 15) is 10.1 Å². The Morgan fingerprint density at radius 1 is 1.06 bits per heavy atom. The molecule has 0 saturated heterocycles. The van der Waals surface area contributed by atoms with Crippen LogP contribution in [0.2, 0.25) is 0 Å². The van der Waals surface area contributed by atoms with Gasteiger partial charge in [0.25, 0.3) is 0 Å². The summed E-state index contributed by atoms with van der Waals surface area (Å²) in [7, 11) is 5.94. The maximum Gasteiger partial charge on any atom is 0.337 e. The molecule has 33 heavy (non-hydrogen) atoms. The highest BCUT2D eigenvalue weighted by molar-refractivity contribution is 5.90. The van der Waals surface area contributed by atoms with E-state index in [1.807, 2.05) is 0 Å². The fourth-order valence-electron chi connectivity index (χ4n) is 3.48. The van der Waals surface area contributed by atoms with Crippen molar-refractivity contribution in [3.63, 3.8) is 0 Å². The summed E-state index contributed by atoms with van der Waals surface area (Å²) in [6.45, 7) is 0. The Kier molecular flexibility index (Phi) is 5.78. The minimum atomic E-state index is -0.422. The smallest absolute Gasteiger partial charge is 0.337 e. The van der Waals surface area contributed by atoms with Crippen LogP contribution in [0.5, 0.6) is 17.2 Å². The van der Waals surface area contributed by atoms with Gasteiger partial charge in [-0.2, -0.15) is 5.26 Å². The van der Waals surface area contributed by atoms with Gasteiger partial charge in [0.05, 0.1) is 34.0 Å². The van der Waals surface area contributed by atoms with E-state index in [1.165, 1.54) is 28.4 Å². The van der Waals surface area contributed by atoms with Crippen molar-refractivity contribution in [2.75, 3.05) is 33.8 Å².